The van der Waals surface area contributed by atoms with Crippen molar-refractivity contribution in [1.82, 2.24) is 0 Å². The third-order valence-corrected chi connectivity index (χ3v) is 3.93. The van der Waals surface area contributed by atoms with Gasteiger partial charge in [0.15, 0.2) is 0 Å². The Morgan fingerprint density at radius 3 is 2.17 bits per heavy atom. The summed E-state index contributed by atoms with van der Waals surface area (Å²) in [5.41, 5.74) is -0.451. The fraction of sp³-hybridized carbons (Fsp3) is 0.824. The summed E-state index contributed by atoms with van der Waals surface area (Å²) in [7, 11) is 0. The molecule has 0 fully saturated rings. The van der Waals surface area contributed by atoms with Crippen LogP contribution in [0.4, 0.5) is 0 Å². The Morgan fingerprint density at radius 1 is 0.957 bits per heavy atom. The van der Waals surface area contributed by atoms with Gasteiger partial charge in [0, 0.05) is 6.42 Å². The zero-order chi connectivity index (χ0) is 17.7. The van der Waals surface area contributed by atoms with E-state index in [0.717, 1.165) is 32.1 Å². The van der Waals surface area contributed by atoms with Crippen LogP contribution in [0.15, 0.2) is 0 Å². The van der Waals surface area contributed by atoms with Crippen LogP contribution in [0.5, 0.6) is 0 Å². The van der Waals surface area contributed by atoms with E-state index in [2.05, 4.69) is 6.92 Å². The lowest BCUT2D eigenvalue weighted by atomic mass is 9.82. The standard InChI is InChI=1S/C17H30O6/c1-4-6-7-11-17(3,5-2)16(21)23-13-8-12-22-15(20)10-9-14(18)19/h4-13H2,1-3H3,(H,18,19). The minimum absolute atomic E-state index is 0.129. The van der Waals surface area contributed by atoms with Gasteiger partial charge in [-0.3, -0.25) is 14.4 Å². The molecule has 1 unspecified atom stereocenters. The summed E-state index contributed by atoms with van der Waals surface area (Å²) < 4.78 is 10.2. The predicted octanol–water partition coefficient (Wildman–Crippen LogP) is 3.32. The maximum Gasteiger partial charge on any atom is 0.311 e. The maximum absolute atomic E-state index is 12.2. The summed E-state index contributed by atoms with van der Waals surface area (Å²) in [4.78, 5) is 33.7. The largest absolute Gasteiger partial charge is 0.481 e. The Hall–Kier alpha value is -1.59. The van der Waals surface area contributed by atoms with Crippen molar-refractivity contribution in [2.24, 2.45) is 5.41 Å². The molecule has 23 heavy (non-hydrogen) atoms. The summed E-state index contributed by atoms with van der Waals surface area (Å²) in [6.45, 7) is 6.37. The molecule has 0 bridgehead atoms. The Morgan fingerprint density at radius 2 is 1.61 bits per heavy atom. The summed E-state index contributed by atoms with van der Waals surface area (Å²) in [6, 6.07) is 0. The van der Waals surface area contributed by atoms with E-state index in [-0.39, 0.29) is 32.0 Å². The van der Waals surface area contributed by atoms with Gasteiger partial charge in [-0.15, -0.1) is 0 Å². The number of carbonyl (C=O) groups excluding carboxylic acids is 2. The number of carbonyl (C=O) groups is 3. The molecule has 134 valence electrons. The second kappa shape index (κ2) is 11.9. The first kappa shape index (κ1) is 21.4. The molecule has 0 saturated heterocycles. The molecule has 0 heterocycles. The van der Waals surface area contributed by atoms with E-state index in [4.69, 9.17) is 14.6 Å². The van der Waals surface area contributed by atoms with Crippen molar-refractivity contribution < 1.29 is 29.0 Å². The molecule has 0 rings (SSSR count). The number of carboxylic acids is 1. The molecule has 1 atom stereocenters. The van der Waals surface area contributed by atoms with Crippen LogP contribution < -0.4 is 0 Å². The molecular weight excluding hydrogens is 300 g/mol. The molecule has 6 heteroatoms. The topological polar surface area (TPSA) is 89.9 Å². The predicted molar refractivity (Wildman–Crippen MR) is 85.9 cm³/mol. The number of esters is 2. The van der Waals surface area contributed by atoms with Gasteiger partial charge >= 0.3 is 17.9 Å². The highest BCUT2D eigenvalue weighted by atomic mass is 16.5. The highest BCUT2D eigenvalue weighted by Crippen LogP contribution is 2.30. The third-order valence-electron chi connectivity index (χ3n) is 3.93. The molecule has 0 aromatic heterocycles. The molecule has 0 aliphatic heterocycles. The summed E-state index contributed by atoms with van der Waals surface area (Å²) in [5.74, 6) is -1.78. The van der Waals surface area contributed by atoms with Crippen LogP contribution in [0.25, 0.3) is 0 Å². The van der Waals surface area contributed by atoms with Crippen LogP contribution in [0, 0.1) is 5.41 Å². The van der Waals surface area contributed by atoms with Gasteiger partial charge in [0.2, 0.25) is 0 Å². The van der Waals surface area contributed by atoms with Crippen LogP contribution in [0.1, 0.15) is 72.1 Å². The van der Waals surface area contributed by atoms with E-state index in [9.17, 15) is 14.4 Å². The van der Waals surface area contributed by atoms with E-state index in [1.807, 2.05) is 13.8 Å². The number of hydrogen-bond donors (Lipinski definition) is 1. The number of ether oxygens (including phenoxy) is 2. The van der Waals surface area contributed by atoms with Crippen LogP contribution in [-0.4, -0.2) is 36.2 Å². The molecule has 0 aliphatic rings. The van der Waals surface area contributed by atoms with Crippen molar-refractivity contribution in [1.29, 1.82) is 0 Å². The molecular formula is C17H30O6. The fourth-order valence-electron chi connectivity index (χ4n) is 2.05. The Bertz CT molecular complexity index is 379. The number of rotatable bonds is 13. The Kier molecular flexibility index (Phi) is 11.1. The van der Waals surface area contributed by atoms with Gasteiger partial charge in [0.25, 0.3) is 0 Å². The normalized spacial score (nSPS) is 13.2. The number of hydrogen-bond acceptors (Lipinski definition) is 5. The quantitative estimate of drug-likeness (QED) is 0.411. The van der Waals surface area contributed by atoms with Crippen LogP contribution in [0.3, 0.4) is 0 Å². The molecule has 0 amide bonds. The summed E-state index contributed by atoms with van der Waals surface area (Å²) >= 11 is 0. The van der Waals surface area contributed by atoms with Crippen molar-refractivity contribution in [2.75, 3.05) is 13.2 Å². The summed E-state index contributed by atoms with van der Waals surface area (Å²) in [6.07, 6.45) is 4.83. The van der Waals surface area contributed by atoms with Gasteiger partial charge in [-0.1, -0.05) is 33.1 Å². The number of unbranched alkanes of at least 4 members (excludes halogenated alkanes) is 2. The van der Waals surface area contributed by atoms with Crippen molar-refractivity contribution >= 4 is 17.9 Å². The summed E-state index contributed by atoms with van der Waals surface area (Å²) in [5, 5.41) is 8.44. The van der Waals surface area contributed by atoms with Crippen molar-refractivity contribution in [3.63, 3.8) is 0 Å². The first-order valence-electron chi connectivity index (χ1n) is 8.40. The monoisotopic (exact) mass is 330 g/mol. The molecule has 6 nitrogen and oxygen atoms in total. The minimum Gasteiger partial charge on any atom is -0.481 e. The van der Waals surface area contributed by atoms with Gasteiger partial charge in [0.1, 0.15) is 0 Å². The second-order valence-corrected chi connectivity index (χ2v) is 5.98. The van der Waals surface area contributed by atoms with Crippen molar-refractivity contribution in [3.05, 3.63) is 0 Å². The smallest absolute Gasteiger partial charge is 0.311 e. The lowest BCUT2D eigenvalue weighted by Crippen LogP contribution is -2.29. The second-order valence-electron chi connectivity index (χ2n) is 5.98. The molecule has 0 aromatic carbocycles. The Balaban J connectivity index is 3.91. The van der Waals surface area contributed by atoms with Gasteiger partial charge < -0.3 is 14.6 Å². The van der Waals surface area contributed by atoms with E-state index in [1.165, 1.54) is 0 Å². The lowest BCUT2D eigenvalue weighted by Gasteiger charge is -2.25. The maximum atomic E-state index is 12.2. The number of carboxylic acid groups (broad SMARTS) is 1. The highest BCUT2D eigenvalue weighted by Gasteiger charge is 2.32. The Labute approximate surface area is 138 Å². The third kappa shape index (κ3) is 9.92. The van der Waals surface area contributed by atoms with Crippen LogP contribution in [-0.2, 0) is 23.9 Å². The first-order chi connectivity index (χ1) is 10.9. The highest BCUT2D eigenvalue weighted by molar-refractivity contribution is 5.76. The van der Waals surface area contributed by atoms with E-state index < -0.39 is 17.4 Å². The van der Waals surface area contributed by atoms with Gasteiger partial charge in [-0.25, -0.2) is 0 Å². The van der Waals surface area contributed by atoms with Crippen molar-refractivity contribution in [3.8, 4) is 0 Å². The molecule has 0 saturated carbocycles. The van der Waals surface area contributed by atoms with E-state index >= 15 is 0 Å². The van der Waals surface area contributed by atoms with Gasteiger partial charge in [0.05, 0.1) is 31.5 Å². The van der Waals surface area contributed by atoms with E-state index in [1.54, 1.807) is 0 Å². The molecule has 0 aliphatic carbocycles. The average Bonchev–Trinajstić information content (AvgIpc) is 2.52. The van der Waals surface area contributed by atoms with Crippen LogP contribution >= 0.6 is 0 Å². The van der Waals surface area contributed by atoms with Gasteiger partial charge in [-0.05, 0) is 19.8 Å². The molecule has 1 N–H and O–H groups in total. The first-order valence-corrected chi connectivity index (χ1v) is 8.40. The van der Waals surface area contributed by atoms with E-state index in [0.29, 0.717) is 6.42 Å². The average molecular weight is 330 g/mol. The number of aliphatic carboxylic acids is 1. The minimum atomic E-state index is -1.03. The molecule has 0 spiro atoms. The fourth-order valence-corrected chi connectivity index (χ4v) is 2.05. The molecule has 0 aromatic rings. The van der Waals surface area contributed by atoms with Gasteiger partial charge in [-0.2, -0.15) is 0 Å². The lowest BCUT2D eigenvalue weighted by molar-refractivity contribution is -0.156. The molecule has 0 radical (unpaired) electrons. The van der Waals surface area contributed by atoms with Crippen LogP contribution in [0.2, 0.25) is 0 Å². The SMILES string of the molecule is CCCCCC(C)(CC)C(=O)OCCCOC(=O)CCC(=O)O. The zero-order valence-corrected chi connectivity index (χ0v) is 14.6. The zero-order valence-electron chi connectivity index (χ0n) is 14.6. The van der Waals surface area contributed by atoms with Crippen molar-refractivity contribution in [2.45, 2.75) is 72.1 Å².